The van der Waals surface area contributed by atoms with Gasteiger partial charge in [0.25, 0.3) is 5.91 Å². The molecule has 4 rings (SSSR count). The Kier molecular flexibility index (Phi) is 10.3. The van der Waals surface area contributed by atoms with Crippen LogP contribution in [0.3, 0.4) is 0 Å². The van der Waals surface area contributed by atoms with E-state index in [1.54, 1.807) is 10.7 Å². The van der Waals surface area contributed by atoms with Gasteiger partial charge in [0.15, 0.2) is 5.69 Å². The summed E-state index contributed by atoms with van der Waals surface area (Å²) >= 11 is 1.27. The number of aliphatic carboxylic acids is 1. The fourth-order valence-electron chi connectivity index (χ4n) is 3.76. The van der Waals surface area contributed by atoms with Crippen LogP contribution in [-0.4, -0.2) is 50.3 Å². The second-order valence-corrected chi connectivity index (χ2v) is 9.49. The van der Waals surface area contributed by atoms with Gasteiger partial charge in [-0.3, -0.25) is 14.4 Å². The SMILES string of the molecule is CC(=O)NCSC(CNC(=O)c1cc(-c2ccc3ccccc3c2)n(-c2ccccc2)n1)CC(=O)O.[H-].[Na+]. The Morgan fingerprint density at radius 2 is 1.68 bits per heavy atom. The van der Waals surface area contributed by atoms with Gasteiger partial charge >= 0.3 is 35.5 Å². The average molecular weight is 527 g/mol. The van der Waals surface area contributed by atoms with Crippen molar-refractivity contribution in [3.8, 4) is 16.9 Å². The summed E-state index contributed by atoms with van der Waals surface area (Å²) in [5.74, 6) is -1.32. The second kappa shape index (κ2) is 13.4. The van der Waals surface area contributed by atoms with Crippen molar-refractivity contribution in [2.24, 2.45) is 0 Å². The van der Waals surface area contributed by atoms with E-state index in [0.717, 1.165) is 27.7 Å². The number of hydrogen-bond acceptors (Lipinski definition) is 5. The van der Waals surface area contributed by atoms with Crippen LogP contribution in [-0.2, 0) is 9.59 Å². The number of carboxylic acids is 1. The van der Waals surface area contributed by atoms with Crippen LogP contribution < -0.4 is 40.2 Å². The van der Waals surface area contributed by atoms with Gasteiger partial charge in [0, 0.05) is 24.3 Å². The summed E-state index contributed by atoms with van der Waals surface area (Å²) in [7, 11) is 0. The molecule has 0 spiro atoms. The Morgan fingerprint density at radius 1 is 0.973 bits per heavy atom. The van der Waals surface area contributed by atoms with Gasteiger partial charge < -0.3 is 17.2 Å². The Hall–Kier alpha value is -3.11. The van der Waals surface area contributed by atoms with Crippen LogP contribution in [0.25, 0.3) is 27.7 Å². The molecule has 3 aromatic carbocycles. The van der Waals surface area contributed by atoms with Crippen LogP contribution in [0.15, 0.2) is 78.9 Å². The number of fused-ring (bicyclic) bond motifs is 1. The van der Waals surface area contributed by atoms with Gasteiger partial charge in [0.2, 0.25) is 5.91 Å². The minimum atomic E-state index is -0.975. The molecule has 10 heteroatoms. The molecule has 1 unspecified atom stereocenters. The largest absolute Gasteiger partial charge is 1.00 e. The summed E-state index contributed by atoms with van der Waals surface area (Å²) in [5, 5.41) is 21.0. The molecule has 1 heterocycles. The predicted octanol–water partition coefficient (Wildman–Crippen LogP) is 1.21. The van der Waals surface area contributed by atoms with Crippen LogP contribution in [0.4, 0.5) is 0 Å². The number of amides is 2. The van der Waals surface area contributed by atoms with Crippen LogP contribution in [0.2, 0.25) is 0 Å². The molecular weight excluding hydrogens is 499 g/mol. The summed E-state index contributed by atoms with van der Waals surface area (Å²) in [5.41, 5.74) is 2.72. The van der Waals surface area contributed by atoms with Crippen LogP contribution in [0.1, 0.15) is 25.3 Å². The minimum absolute atomic E-state index is 0. The Labute approximate surface area is 242 Å². The second-order valence-electron chi connectivity index (χ2n) is 8.20. The number of hydrogen-bond donors (Lipinski definition) is 3. The molecule has 4 aromatic rings. The zero-order chi connectivity index (χ0) is 25.5. The van der Waals surface area contributed by atoms with Crippen molar-refractivity contribution < 1.29 is 50.5 Å². The Balaban J connectivity index is 0.00000253. The van der Waals surface area contributed by atoms with Gasteiger partial charge in [-0.05, 0) is 35.0 Å². The van der Waals surface area contributed by atoms with E-state index in [4.69, 9.17) is 0 Å². The molecule has 0 saturated carbocycles. The molecule has 1 aromatic heterocycles. The van der Waals surface area contributed by atoms with Gasteiger partial charge in [-0.2, -0.15) is 5.10 Å². The van der Waals surface area contributed by atoms with Crippen molar-refractivity contribution >= 4 is 40.3 Å². The predicted molar refractivity (Wildman–Crippen MR) is 142 cm³/mol. The van der Waals surface area contributed by atoms with E-state index in [9.17, 15) is 19.5 Å². The molecule has 0 saturated heterocycles. The van der Waals surface area contributed by atoms with E-state index in [1.807, 2.05) is 66.7 Å². The first-order valence-electron chi connectivity index (χ1n) is 11.4. The maximum atomic E-state index is 13.0. The number of aromatic nitrogens is 2. The van der Waals surface area contributed by atoms with E-state index in [-0.39, 0.29) is 61.4 Å². The molecule has 0 aliphatic heterocycles. The number of benzene rings is 3. The summed E-state index contributed by atoms with van der Waals surface area (Å²) in [6, 6.07) is 25.5. The fraction of sp³-hybridized carbons (Fsp3) is 0.185. The molecule has 8 nitrogen and oxygen atoms in total. The molecule has 1 atom stereocenters. The van der Waals surface area contributed by atoms with Gasteiger partial charge in [-0.25, -0.2) is 4.68 Å². The summed E-state index contributed by atoms with van der Waals surface area (Å²) in [4.78, 5) is 35.4. The van der Waals surface area contributed by atoms with Gasteiger partial charge in [0.1, 0.15) is 0 Å². The number of carbonyl (C=O) groups is 3. The number of carbonyl (C=O) groups excluding carboxylic acids is 2. The molecule has 0 fully saturated rings. The maximum Gasteiger partial charge on any atom is 1.00 e. The van der Waals surface area contributed by atoms with Crippen molar-refractivity contribution in [1.82, 2.24) is 20.4 Å². The van der Waals surface area contributed by atoms with E-state index in [2.05, 4.69) is 21.8 Å². The van der Waals surface area contributed by atoms with Crippen molar-refractivity contribution in [1.29, 1.82) is 0 Å². The van der Waals surface area contributed by atoms with Crippen LogP contribution in [0.5, 0.6) is 0 Å². The number of nitrogens with one attached hydrogen (secondary N) is 2. The number of nitrogens with zero attached hydrogens (tertiary/aromatic N) is 2. The third-order valence-corrected chi connectivity index (χ3v) is 6.64. The number of rotatable bonds is 10. The average Bonchev–Trinajstić information content (AvgIpc) is 3.32. The van der Waals surface area contributed by atoms with Crippen LogP contribution in [0, 0.1) is 0 Å². The van der Waals surface area contributed by atoms with Crippen molar-refractivity contribution in [2.75, 3.05) is 12.4 Å². The molecule has 0 aliphatic carbocycles. The molecule has 3 N–H and O–H groups in total. The first-order chi connectivity index (χ1) is 17.4. The van der Waals surface area contributed by atoms with Crippen LogP contribution >= 0.6 is 11.8 Å². The van der Waals surface area contributed by atoms with Gasteiger partial charge in [-0.15, -0.1) is 11.8 Å². The van der Waals surface area contributed by atoms with E-state index in [1.165, 1.54) is 18.7 Å². The molecular formula is C27H27N4NaO4S. The number of para-hydroxylation sites is 1. The minimum Gasteiger partial charge on any atom is -1.00 e. The first kappa shape index (κ1) is 28.5. The van der Waals surface area contributed by atoms with E-state index in [0.29, 0.717) is 0 Å². The third-order valence-electron chi connectivity index (χ3n) is 5.52. The monoisotopic (exact) mass is 526 g/mol. The van der Waals surface area contributed by atoms with Gasteiger partial charge in [-0.1, -0.05) is 54.6 Å². The topological polar surface area (TPSA) is 113 Å². The molecule has 0 aliphatic rings. The molecule has 2 amide bonds. The van der Waals surface area contributed by atoms with E-state index < -0.39 is 17.1 Å². The normalized spacial score (nSPS) is 11.4. The van der Waals surface area contributed by atoms with E-state index >= 15 is 0 Å². The number of carboxylic acid groups (broad SMARTS) is 1. The fourth-order valence-corrected chi connectivity index (χ4v) is 4.74. The standard InChI is InChI=1S/C27H26N4O4S.Na.H/c1-18(32)29-17-36-23(14-26(33)34)16-28-27(35)24-15-25(31(30-24)22-9-3-2-4-10-22)21-12-11-19-7-5-6-8-20(19)13-21;;/h2-13,15,23H,14,16-17H2,1H3,(H,28,35)(H,29,32)(H,33,34);;/q;+1;-1. The Morgan fingerprint density at radius 3 is 2.38 bits per heavy atom. The quantitative estimate of drug-likeness (QED) is 0.212. The van der Waals surface area contributed by atoms with Crippen molar-refractivity contribution in [2.45, 2.75) is 18.6 Å². The zero-order valence-corrected chi connectivity index (χ0v) is 23.5. The maximum absolute atomic E-state index is 13.0. The smallest absolute Gasteiger partial charge is 1.00 e. The Bertz CT molecular complexity index is 1400. The van der Waals surface area contributed by atoms with Gasteiger partial charge in [0.05, 0.1) is 23.7 Å². The summed E-state index contributed by atoms with van der Waals surface area (Å²) in [6.07, 6.45) is -0.147. The zero-order valence-electron chi connectivity index (χ0n) is 21.7. The molecule has 0 bridgehead atoms. The van der Waals surface area contributed by atoms with Crippen molar-refractivity contribution in [3.05, 3.63) is 84.6 Å². The first-order valence-corrected chi connectivity index (χ1v) is 12.5. The summed E-state index contributed by atoms with van der Waals surface area (Å²) < 4.78 is 1.74. The molecule has 0 radical (unpaired) electrons. The third kappa shape index (κ3) is 7.69. The molecule has 37 heavy (non-hydrogen) atoms. The van der Waals surface area contributed by atoms with Crippen molar-refractivity contribution in [3.63, 3.8) is 0 Å². The summed E-state index contributed by atoms with van der Waals surface area (Å²) in [6.45, 7) is 1.52. The number of thioether (sulfide) groups is 1. The molecule has 186 valence electrons.